The topological polar surface area (TPSA) is 46.5 Å². The number of carbonyl (C=O) groups is 1. The van der Waals surface area contributed by atoms with Crippen molar-refractivity contribution in [3.05, 3.63) is 70.2 Å². The summed E-state index contributed by atoms with van der Waals surface area (Å²) in [6.07, 6.45) is -0.869. The van der Waals surface area contributed by atoms with Crippen LogP contribution in [0.3, 0.4) is 0 Å². The summed E-state index contributed by atoms with van der Waals surface area (Å²) in [5.41, 5.74) is 1.91. The van der Waals surface area contributed by atoms with Crippen molar-refractivity contribution < 1.29 is 14.6 Å². The van der Waals surface area contributed by atoms with Crippen LogP contribution >= 0.6 is 15.9 Å². The van der Waals surface area contributed by atoms with E-state index in [0.717, 1.165) is 15.6 Å². The molecule has 0 aromatic heterocycles. The van der Waals surface area contributed by atoms with Crippen molar-refractivity contribution in [2.24, 2.45) is 0 Å². The molecule has 0 saturated heterocycles. The second-order valence-electron chi connectivity index (χ2n) is 4.90. The SMILES string of the molecule is CC(c1ccc(Br)cc1)C(OCc1ccccc1)C(=O)O. The Kier molecular flexibility index (Phi) is 5.53. The van der Waals surface area contributed by atoms with Crippen LogP contribution in [0.1, 0.15) is 24.0 Å². The summed E-state index contributed by atoms with van der Waals surface area (Å²) < 4.78 is 6.59. The maximum absolute atomic E-state index is 11.5. The Morgan fingerprint density at radius 1 is 1.14 bits per heavy atom. The van der Waals surface area contributed by atoms with Crippen LogP contribution < -0.4 is 0 Å². The van der Waals surface area contributed by atoms with Crippen LogP contribution in [0, 0.1) is 0 Å². The van der Waals surface area contributed by atoms with Gasteiger partial charge in [0.15, 0.2) is 6.10 Å². The Morgan fingerprint density at radius 3 is 2.33 bits per heavy atom. The van der Waals surface area contributed by atoms with Crippen LogP contribution in [0.5, 0.6) is 0 Å². The van der Waals surface area contributed by atoms with Gasteiger partial charge >= 0.3 is 5.97 Å². The first-order valence-corrected chi connectivity index (χ1v) is 7.51. The number of hydrogen-bond acceptors (Lipinski definition) is 2. The molecule has 110 valence electrons. The number of carboxylic acids is 1. The van der Waals surface area contributed by atoms with E-state index in [9.17, 15) is 9.90 Å². The predicted octanol–water partition coefficient (Wildman–Crippen LogP) is 4.22. The smallest absolute Gasteiger partial charge is 0.333 e. The molecule has 2 rings (SSSR count). The summed E-state index contributed by atoms with van der Waals surface area (Å²) >= 11 is 3.37. The molecule has 1 N–H and O–H groups in total. The van der Waals surface area contributed by atoms with E-state index in [-0.39, 0.29) is 5.92 Å². The van der Waals surface area contributed by atoms with Gasteiger partial charge in [-0.05, 0) is 23.3 Å². The molecule has 4 heteroatoms. The highest BCUT2D eigenvalue weighted by atomic mass is 79.9. The number of carboxylic acid groups (broad SMARTS) is 1. The highest BCUT2D eigenvalue weighted by molar-refractivity contribution is 9.10. The quantitative estimate of drug-likeness (QED) is 0.849. The molecule has 0 fully saturated rings. The van der Waals surface area contributed by atoms with Gasteiger partial charge in [-0.25, -0.2) is 4.79 Å². The zero-order valence-electron chi connectivity index (χ0n) is 11.7. The number of hydrogen-bond donors (Lipinski definition) is 1. The largest absolute Gasteiger partial charge is 0.479 e. The minimum Gasteiger partial charge on any atom is -0.479 e. The van der Waals surface area contributed by atoms with Crippen LogP contribution in [-0.4, -0.2) is 17.2 Å². The van der Waals surface area contributed by atoms with Gasteiger partial charge < -0.3 is 9.84 Å². The highest BCUT2D eigenvalue weighted by Crippen LogP contribution is 2.24. The van der Waals surface area contributed by atoms with Crippen molar-refractivity contribution in [3.63, 3.8) is 0 Å². The van der Waals surface area contributed by atoms with E-state index in [4.69, 9.17) is 4.74 Å². The monoisotopic (exact) mass is 348 g/mol. The first-order valence-electron chi connectivity index (χ1n) is 6.71. The van der Waals surface area contributed by atoms with Crippen molar-refractivity contribution >= 4 is 21.9 Å². The van der Waals surface area contributed by atoms with E-state index >= 15 is 0 Å². The summed E-state index contributed by atoms with van der Waals surface area (Å²) in [4.78, 5) is 11.5. The molecule has 2 aromatic carbocycles. The van der Waals surface area contributed by atoms with Crippen molar-refractivity contribution in [1.82, 2.24) is 0 Å². The third kappa shape index (κ3) is 4.41. The molecule has 0 radical (unpaired) electrons. The molecule has 3 nitrogen and oxygen atoms in total. The number of ether oxygens (including phenoxy) is 1. The van der Waals surface area contributed by atoms with Gasteiger partial charge in [-0.1, -0.05) is 65.3 Å². The Morgan fingerprint density at radius 2 is 1.76 bits per heavy atom. The van der Waals surface area contributed by atoms with Gasteiger partial charge in [0.1, 0.15) is 0 Å². The second-order valence-corrected chi connectivity index (χ2v) is 5.81. The maximum Gasteiger partial charge on any atom is 0.333 e. The Labute approximate surface area is 132 Å². The van der Waals surface area contributed by atoms with Crippen LogP contribution in [0.2, 0.25) is 0 Å². The summed E-state index contributed by atoms with van der Waals surface area (Å²) in [7, 11) is 0. The molecular weight excluding hydrogens is 332 g/mol. The van der Waals surface area contributed by atoms with Crippen LogP contribution in [0.15, 0.2) is 59.1 Å². The van der Waals surface area contributed by atoms with Crippen molar-refractivity contribution in [3.8, 4) is 0 Å². The lowest BCUT2D eigenvalue weighted by molar-refractivity contribution is -0.152. The fourth-order valence-electron chi connectivity index (χ4n) is 2.13. The van der Waals surface area contributed by atoms with Crippen molar-refractivity contribution in [2.75, 3.05) is 0 Å². The Balaban J connectivity index is 2.07. The standard InChI is InChI=1S/C17H17BrO3/c1-12(14-7-9-15(18)10-8-14)16(17(19)20)21-11-13-5-3-2-4-6-13/h2-10,12,16H,11H2,1H3,(H,19,20). The van der Waals surface area contributed by atoms with E-state index in [2.05, 4.69) is 15.9 Å². The van der Waals surface area contributed by atoms with Crippen LogP contribution in [0.4, 0.5) is 0 Å². The van der Waals surface area contributed by atoms with E-state index in [1.807, 2.05) is 61.5 Å². The molecule has 0 aliphatic heterocycles. The lowest BCUT2D eigenvalue weighted by Crippen LogP contribution is -2.29. The fourth-order valence-corrected chi connectivity index (χ4v) is 2.40. The molecule has 0 amide bonds. The summed E-state index contributed by atoms with van der Waals surface area (Å²) in [5, 5.41) is 9.40. The highest BCUT2D eigenvalue weighted by Gasteiger charge is 2.26. The predicted molar refractivity (Wildman–Crippen MR) is 85.2 cm³/mol. The second kappa shape index (κ2) is 7.38. The molecular formula is C17H17BrO3. The van der Waals surface area contributed by atoms with Crippen LogP contribution in [0.25, 0.3) is 0 Å². The number of aliphatic carboxylic acids is 1. The van der Waals surface area contributed by atoms with E-state index in [1.165, 1.54) is 0 Å². The Bertz CT molecular complexity index is 581. The lowest BCUT2D eigenvalue weighted by atomic mass is 9.95. The summed E-state index contributed by atoms with van der Waals surface area (Å²) in [6, 6.07) is 17.2. The molecule has 2 aromatic rings. The normalized spacial score (nSPS) is 13.6. The molecule has 0 aliphatic rings. The van der Waals surface area contributed by atoms with E-state index in [1.54, 1.807) is 0 Å². The molecule has 2 unspecified atom stereocenters. The molecule has 0 saturated carbocycles. The molecule has 0 bridgehead atoms. The first-order chi connectivity index (χ1) is 10.1. The third-order valence-electron chi connectivity index (χ3n) is 3.37. The molecule has 2 atom stereocenters. The van der Waals surface area contributed by atoms with Gasteiger partial charge in [0.05, 0.1) is 6.61 Å². The van der Waals surface area contributed by atoms with Gasteiger partial charge in [-0.15, -0.1) is 0 Å². The average Bonchev–Trinajstić information content (AvgIpc) is 2.48. The molecule has 0 heterocycles. The number of benzene rings is 2. The van der Waals surface area contributed by atoms with Crippen molar-refractivity contribution in [1.29, 1.82) is 0 Å². The summed E-state index contributed by atoms with van der Waals surface area (Å²) in [5.74, 6) is -1.17. The minimum atomic E-state index is -0.943. The van der Waals surface area contributed by atoms with E-state index < -0.39 is 12.1 Å². The minimum absolute atomic E-state index is 0.223. The maximum atomic E-state index is 11.5. The molecule has 0 spiro atoms. The van der Waals surface area contributed by atoms with Crippen molar-refractivity contribution in [2.45, 2.75) is 25.6 Å². The number of halogens is 1. The average molecular weight is 349 g/mol. The molecule has 21 heavy (non-hydrogen) atoms. The van der Waals surface area contributed by atoms with Gasteiger partial charge in [0.25, 0.3) is 0 Å². The van der Waals surface area contributed by atoms with Gasteiger partial charge in [-0.3, -0.25) is 0 Å². The fraction of sp³-hybridized carbons (Fsp3) is 0.235. The molecule has 0 aliphatic carbocycles. The summed E-state index contributed by atoms with van der Waals surface area (Å²) in [6.45, 7) is 2.16. The zero-order valence-corrected chi connectivity index (χ0v) is 13.3. The lowest BCUT2D eigenvalue weighted by Gasteiger charge is -2.21. The van der Waals surface area contributed by atoms with Crippen LogP contribution in [-0.2, 0) is 16.1 Å². The first kappa shape index (κ1) is 15.7. The third-order valence-corrected chi connectivity index (χ3v) is 3.89. The Hall–Kier alpha value is -1.65. The van der Waals surface area contributed by atoms with Gasteiger partial charge in [-0.2, -0.15) is 0 Å². The van der Waals surface area contributed by atoms with Gasteiger partial charge in [0, 0.05) is 10.4 Å². The van der Waals surface area contributed by atoms with Gasteiger partial charge in [0.2, 0.25) is 0 Å². The van der Waals surface area contributed by atoms with E-state index in [0.29, 0.717) is 6.61 Å². The zero-order chi connectivity index (χ0) is 15.2. The number of rotatable bonds is 6.